The third-order valence-corrected chi connectivity index (χ3v) is 5.90. The van der Waals surface area contributed by atoms with E-state index >= 15 is 0 Å². The van der Waals surface area contributed by atoms with E-state index < -0.39 is 5.97 Å². The number of carbonyl (C=O) groups is 2. The Morgan fingerprint density at radius 2 is 1.75 bits per heavy atom. The van der Waals surface area contributed by atoms with Gasteiger partial charge in [-0.1, -0.05) is 30.3 Å². The lowest BCUT2D eigenvalue weighted by molar-refractivity contribution is -0.120. The lowest BCUT2D eigenvalue weighted by Crippen LogP contribution is -2.47. The molecule has 0 bridgehead atoms. The molecule has 32 heavy (non-hydrogen) atoms. The number of carboxylic acids is 1. The number of carboxylic acid groups (broad SMARTS) is 1. The van der Waals surface area contributed by atoms with E-state index in [1.807, 2.05) is 30.3 Å². The van der Waals surface area contributed by atoms with E-state index in [-0.39, 0.29) is 23.8 Å². The zero-order chi connectivity index (χ0) is 22.5. The Hall–Kier alpha value is -3.39. The first-order chi connectivity index (χ1) is 15.5. The number of rotatable bonds is 8. The molecule has 0 radical (unpaired) electrons. The van der Waals surface area contributed by atoms with Crippen molar-refractivity contribution in [1.29, 1.82) is 0 Å². The van der Waals surface area contributed by atoms with Gasteiger partial charge in [0.2, 0.25) is 5.91 Å². The standard InChI is InChI=1S/C24H27FN4O3/c25-19-7-2-4-9-21(19)29-14-12-28(13-15-29)11-5-10-26-22(30)16-18-17-6-1-3-8-20(17)27-23(18)24(31)32/h1-4,6-9,27H,5,10-16H2,(H,26,30)(H,31,32). The summed E-state index contributed by atoms with van der Waals surface area (Å²) in [7, 11) is 0. The van der Waals surface area contributed by atoms with Gasteiger partial charge in [0.05, 0.1) is 12.1 Å². The Balaban J connectivity index is 1.22. The number of H-pyrrole nitrogens is 1. The maximum Gasteiger partial charge on any atom is 0.352 e. The number of hydrogen-bond donors (Lipinski definition) is 3. The van der Waals surface area contributed by atoms with Gasteiger partial charge in [-0.05, 0) is 31.2 Å². The third-order valence-electron chi connectivity index (χ3n) is 5.90. The minimum absolute atomic E-state index is 0.0208. The van der Waals surface area contributed by atoms with Crippen LogP contribution >= 0.6 is 0 Å². The summed E-state index contributed by atoms with van der Waals surface area (Å²) in [5, 5.41) is 13.1. The minimum Gasteiger partial charge on any atom is -0.477 e. The molecule has 8 heteroatoms. The molecule has 1 aromatic heterocycles. The van der Waals surface area contributed by atoms with Gasteiger partial charge < -0.3 is 20.3 Å². The Kier molecular flexibility index (Phi) is 6.70. The van der Waals surface area contributed by atoms with Crippen molar-refractivity contribution < 1.29 is 19.1 Å². The van der Waals surface area contributed by atoms with E-state index in [1.165, 1.54) is 6.07 Å². The zero-order valence-electron chi connectivity index (χ0n) is 17.8. The highest BCUT2D eigenvalue weighted by molar-refractivity contribution is 5.99. The molecule has 0 unspecified atom stereocenters. The molecule has 0 aliphatic carbocycles. The van der Waals surface area contributed by atoms with Crippen molar-refractivity contribution in [2.75, 3.05) is 44.2 Å². The molecule has 1 saturated heterocycles. The number of amides is 1. The molecule has 3 N–H and O–H groups in total. The number of anilines is 1. The summed E-state index contributed by atoms with van der Waals surface area (Å²) in [6.07, 6.45) is 0.818. The fourth-order valence-corrected chi connectivity index (χ4v) is 4.24. The van der Waals surface area contributed by atoms with Crippen molar-refractivity contribution in [3.05, 3.63) is 65.6 Å². The van der Waals surface area contributed by atoms with E-state index in [0.717, 1.165) is 44.5 Å². The largest absolute Gasteiger partial charge is 0.477 e. The van der Waals surface area contributed by atoms with Crippen LogP contribution in [0.15, 0.2) is 48.5 Å². The normalized spacial score (nSPS) is 14.6. The SMILES string of the molecule is O=C(Cc1c(C(=O)O)[nH]c2ccccc12)NCCCN1CCN(c2ccccc2F)CC1. The Bertz CT molecular complexity index is 1110. The second-order valence-corrected chi connectivity index (χ2v) is 7.99. The highest BCUT2D eigenvalue weighted by Crippen LogP contribution is 2.23. The molecule has 4 rings (SSSR count). The Morgan fingerprint density at radius 3 is 2.50 bits per heavy atom. The van der Waals surface area contributed by atoms with Gasteiger partial charge in [-0.25, -0.2) is 9.18 Å². The number of fused-ring (bicyclic) bond motifs is 1. The maximum atomic E-state index is 14.0. The van der Waals surface area contributed by atoms with Crippen molar-refractivity contribution in [2.24, 2.45) is 0 Å². The summed E-state index contributed by atoms with van der Waals surface area (Å²) in [5.41, 5.74) is 1.93. The van der Waals surface area contributed by atoms with E-state index in [9.17, 15) is 19.1 Å². The van der Waals surface area contributed by atoms with Crippen LogP contribution in [0.1, 0.15) is 22.5 Å². The predicted octanol–water partition coefficient (Wildman–Crippen LogP) is 2.88. The third kappa shape index (κ3) is 4.91. The number of halogens is 1. The summed E-state index contributed by atoms with van der Waals surface area (Å²) in [4.78, 5) is 31.2. The number of carbonyl (C=O) groups excluding carboxylic acids is 1. The molecule has 0 atom stereocenters. The number of hydrogen-bond acceptors (Lipinski definition) is 4. The van der Waals surface area contributed by atoms with Gasteiger partial charge in [-0.3, -0.25) is 9.69 Å². The number of aromatic nitrogens is 1. The molecule has 1 fully saturated rings. The second-order valence-electron chi connectivity index (χ2n) is 7.99. The van der Waals surface area contributed by atoms with E-state index in [1.54, 1.807) is 12.1 Å². The van der Waals surface area contributed by atoms with E-state index in [4.69, 9.17) is 0 Å². The number of nitrogens with one attached hydrogen (secondary N) is 2. The number of aromatic amines is 1. The van der Waals surface area contributed by atoms with Gasteiger partial charge in [0.15, 0.2) is 0 Å². The Morgan fingerprint density at radius 1 is 1.03 bits per heavy atom. The molecule has 7 nitrogen and oxygen atoms in total. The molecular weight excluding hydrogens is 411 g/mol. The first-order valence-electron chi connectivity index (χ1n) is 10.8. The van der Waals surface area contributed by atoms with Crippen molar-refractivity contribution in [3.63, 3.8) is 0 Å². The minimum atomic E-state index is -1.07. The number of nitrogens with zero attached hydrogens (tertiary/aromatic N) is 2. The smallest absolute Gasteiger partial charge is 0.352 e. The van der Waals surface area contributed by atoms with Crippen LogP contribution in [0.5, 0.6) is 0 Å². The fraction of sp³-hybridized carbons (Fsp3) is 0.333. The van der Waals surface area contributed by atoms with Crippen molar-refractivity contribution in [1.82, 2.24) is 15.2 Å². The number of aromatic carboxylic acids is 1. The van der Waals surface area contributed by atoms with Crippen molar-refractivity contribution in [2.45, 2.75) is 12.8 Å². The fourth-order valence-electron chi connectivity index (χ4n) is 4.24. The highest BCUT2D eigenvalue weighted by Gasteiger charge is 2.20. The van der Waals surface area contributed by atoms with Crippen LogP contribution in [-0.2, 0) is 11.2 Å². The summed E-state index contributed by atoms with van der Waals surface area (Å²) >= 11 is 0. The molecule has 1 aliphatic rings. The summed E-state index contributed by atoms with van der Waals surface area (Å²) in [6, 6.07) is 14.1. The van der Waals surface area contributed by atoms with Gasteiger partial charge in [0.1, 0.15) is 11.5 Å². The van der Waals surface area contributed by atoms with Crippen molar-refractivity contribution >= 4 is 28.5 Å². The lowest BCUT2D eigenvalue weighted by atomic mass is 10.1. The Labute approximate surface area is 185 Å². The van der Waals surface area contributed by atoms with Gasteiger partial charge in [0.25, 0.3) is 0 Å². The molecule has 0 saturated carbocycles. The maximum absolute atomic E-state index is 14.0. The average molecular weight is 439 g/mol. The predicted molar refractivity (Wildman–Crippen MR) is 122 cm³/mol. The second kappa shape index (κ2) is 9.82. The monoisotopic (exact) mass is 438 g/mol. The molecule has 3 aromatic rings. The van der Waals surface area contributed by atoms with Crippen LogP contribution < -0.4 is 10.2 Å². The topological polar surface area (TPSA) is 88.7 Å². The van der Waals surface area contributed by atoms with Crippen LogP contribution in [0, 0.1) is 5.82 Å². The quantitative estimate of drug-likeness (QED) is 0.471. The molecule has 2 aromatic carbocycles. The van der Waals surface area contributed by atoms with Crippen LogP contribution in [0.3, 0.4) is 0 Å². The number of benzene rings is 2. The van der Waals surface area contributed by atoms with Crippen molar-refractivity contribution in [3.8, 4) is 0 Å². The first-order valence-corrected chi connectivity index (χ1v) is 10.8. The molecule has 1 amide bonds. The van der Waals surface area contributed by atoms with Crippen LogP contribution in [0.2, 0.25) is 0 Å². The summed E-state index contributed by atoms with van der Waals surface area (Å²) < 4.78 is 14.0. The average Bonchev–Trinajstić information content (AvgIpc) is 3.16. The molecule has 2 heterocycles. The highest BCUT2D eigenvalue weighted by atomic mass is 19.1. The number of piperazine rings is 1. The van der Waals surface area contributed by atoms with E-state index in [0.29, 0.717) is 23.3 Å². The zero-order valence-corrected chi connectivity index (χ0v) is 17.8. The summed E-state index contributed by atoms with van der Waals surface area (Å²) in [6.45, 7) is 4.60. The molecule has 168 valence electrons. The first kappa shape index (κ1) is 21.8. The van der Waals surface area contributed by atoms with Crippen LogP contribution in [0.4, 0.5) is 10.1 Å². The lowest BCUT2D eigenvalue weighted by Gasteiger charge is -2.36. The van der Waals surface area contributed by atoms with Gasteiger partial charge >= 0.3 is 5.97 Å². The molecular formula is C24H27FN4O3. The number of para-hydroxylation sites is 2. The van der Waals surface area contributed by atoms with Crippen LogP contribution in [0.25, 0.3) is 10.9 Å². The van der Waals surface area contributed by atoms with Crippen LogP contribution in [-0.4, -0.2) is 66.1 Å². The molecule has 1 aliphatic heterocycles. The molecule has 0 spiro atoms. The summed E-state index contributed by atoms with van der Waals surface area (Å²) in [5.74, 6) is -1.45. The van der Waals surface area contributed by atoms with Gasteiger partial charge in [-0.15, -0.1) is 0 Å². The van der Waals surface area contributed by atoms with Gasteiger partial charge in [0, 0.05) is 49.2 Å². The van der Waals surface area contributed by atoms with E-state index in [2.05, 4.69) is 20.1 Å². The van der Waals surface area contributed by atoms with Gasteiger partial charge in [-0.2, -0.15) is 0 Å².